The van der Waals surface area contributed by atoms with Crippen molar-refractivity contribution in [3.63, 3.8) is 0 Å². The Bertz CT molecular complexity index is 600. The summed E-state index contributed by atoms with van der Waals surface area (Å²) in [6.07, 6.45) is 0.718. The van der Waals surface area contributed by atoms with Crippen LogP contribution in [0, 0.1) is 0 Å². The lowest BCUT2D eigenvalue weighted by atomic mass is 10.2. The van der Waals surface area contributed by atoms with E-state index in [-0.39, 0.29) is 0 Å². The zero-order valence-electron chi connectivity index (χ0n) is 8.99. The lowest BCUT2D eigenvalue weighted by Gasteiger charge is -2.10. The first-order valence-electron chi connectivity index (χ1n) is 4.98. The van der Waals surface area contributed by atoms with Crippen LogP contribution in [0.4, 0.5) is 0 Å². The fraction of sp³-hybridized carbons (Fsp3) is 0. The minimum Gasteiger partial charge on any atom is -0.455 e. The highest BCUT2D eigenvalue weighted by Crippen LogP contribution is 2.34. The van der Waals surface area contributed by atoms with Gasteiger partial charge < -0.3 is 4.74 Å². The molecule has 92 valence electrons. The van der Waals surface area contributed by atoms with Gasteiger partial charge in [0.1, 0.15) is 11.5 Å². The molecule has 0 saturated heterocycles. The summed E-state index contributed by atoms with van der Waals surface area (Å²) in [4.78, 5) is 10.9. The van der Waals surface area contributed by atoms with Gasteiger partial charge >= 0.3 is 0 Å². The van der Waals surface area contributed by atoms with Crippen LogP contribution in [0.1, 0.15) is 10.4 Å². The fourth-order valence-corrected chi connectivity index (χ4v) is 2.30. The summed E-state index contributed by atoms with van der Waals surface area (Å²) < 4.78 is 6.35. The smallest absolute Gasteiger partial charge is 0.153 e. The molecular formula is C13H7BrCl2O2. The average molecular weight is 346 g/mol. The average Bonchev–Trinajstić information content (AvgIpc) is 2.33. The van der Waals surface area contributed by atoms with E-state index in [0.717, 1.165) is 6.29 Å². The van der Waals surface area contributed by atoms with E-state index >= 15 is 0 Å². The molecule has 0 aliphatic rings. The molecule has 0 heterocycles. The van der Waals surface area contributed by atoms with E-state index in [2.05, 4.69) is 15.9 Å². The van der Waals surface area contributed by atoms with Crippen molar-refractivity contribution in [3.8, 4) is 11.5 Å². The third kappa shape index (κ3) is 3.05. The van der Waals surface area contributed by atoms with Crippen LogP contribution in [0.3, 0.4) is 0 Å². The molecule has 0 fully saturated rings. The molecule has 0 aliphatic carbocycles. The first kappa shape index (κ1) is 13.4. The van der Waals surface area contributed by atoms with E-state index in [1.165, 1.54) is 0 Å². The maximum Gasteiger partial charge on any atom is 0.153 e. The Morgan fingerprint density at radius 2 is 1.67 bits per heavy atom. The Kier molecular flexibility index (Phi) is 4.27. The van der Waals surface area contributed by atoms with E-state index in [4.69, 9.17) is 27.9 Å². The van der Waals surface area contributed by atoms with Gasteiger partial charge in [-0.2, -0.15) is 0 Å². The second-order valence-electron chi connectivity index (χ2n) is 3.48. The van der Waals surface area contributed by atoms with Gasteiger partial charge in [0.15, 0.2) is 6.29 Å². The minimum absolute atomic E-state index is 0.403. The van der Waals surface area contributed by atoms with E-state index in [1.54, 1.807) is 36.4 Å². The molecule has 0 radical (unpaired) electrons. The monoisotopic (exact) mass is 344 g/mol. The molecule has 0 aromatic heterocycles. The van der Waals surface area contributed by atoms with Gasteiger partial charge in [-0.05, 0) is 46.3 Å². The van der Waals surface area contributed by atoms with Gasteiger partial charge in [0, 0.05) is 16.1 Å². The molecule has 2 aromatic rings. The number of carbonyl (C=O) groups excluding carboxylic acids is 1. The van der Waals surface area contributed by atoms with Crippen LogP contribution in [-0.4, -0.2) is 6.29 Å². The fourth-order valence-electron chi connectivity index (χ4n) is 1.37. The van der Waals surface area contributed by atoms with E-state index in [1.807, 2.05) is 0 Å². The minimum atomic E-state index is 0.403. The highest BCUT2D eigenvalue weighted by Gasteiger charge is 2.08. The molecule has 0 aliphatic heterocycles. The van der Waals surface area contributed by atoms with Gasteiger partial charge in [0.05, 0.1) is 10.0 Å². The molecule has 5 heteroatoms. The highest BCUT2D eigenvalue weighted by molar-refractivity contribution is 9.10. The summed E-state index contributed by atoms with van der Waals surface area (Å²) in [5, 5.41) is 1.09. The van der Waals surface area contributed by atoms with Crippen molar-refractivity contribution in [2.75, 3.05) is 0 Å². The van der Waals surface area contributed by atoms with E-state index in [0.29, 0.717) is 31.6 Å². The number of halogens is 3. The molecule has 0 amide bonds. The Balaban J connectivity index is 2.39. The van der Waals surface area contributed by atoms with Crippen molar-refractivity contribution in [3.05, 3.63) is 56.5 Å². The van der Waals surface area contributed by atoms with Crippen LogP contribution in [0.25, 0.3) is 0 Å². The van der Waals surface area contributed by atoms with Gasteiger partial charge in [-0.1, -0.05) is 23.2 Å². The number of carbonyl (C=O) groups is 1. The second-order valence-corrected chi connectivity index (χ2v) is 5.20. The number of ether oxygens (including phenoxy) is 1. The number of rotatable bonds is 3. The molecule has 2 aromatic carbocycles. The number of hydrogen-bond donors (Lipinski definition) is 0. The van der Waals surface area contributed by atoms with Gasteiger partial charge in [-0.25, -0.2) is 0 Å². The van der Waals surface area contributed by atoms with Crippen LogP contribution in [0.15, 0.2) is 40.9 Å². The zero-order chi connectivity index (χ0) is 13.1. The van der Waals surface area contributed by atoms with Crippen molar-refractivity contribution >= 4 is 45.4 Å². The number of benzene rings is 2. The first-order valence-corrected chi connectivity index (χ1v) is 6.52. The number of hydrogen-bond acceptors (Lipinski definition) is 2. The summed E-state index contributed by atoms with van der Waals surface area (Å²) >= 11 is 15.1. The molecule has 0 N–H and O–H groups in total. The van der Waals surface area contributed by atoms with Crippen LogP contribution < -0.4 is 4.74 Å². The Hall–Kier alpha value is -1.03. The quantitative estimate of drug-likeness (QED) is 0.700. The molecule has 18 heavy (non-hydrogen) atoms. The topological polar surface area (TPSA) is 26.3 Å². The Morgan fingerprint density at radius 3 is 2.33 bits per heavy atom. The van der Waals surface area contributed by atoms with Crippen LogP contribution >= 0.6 is 39.1 Å². The van der Waals surface area contributed by atoms with Gasteiger partial charge in [0.25, 0.3) is 0 Å². The van der Waals surface area contributed by atoms with Crippen LogP contribution in [-0.2, 0) is 0 Å². The third-order valence-electron chi connectivity index (χ3n) is 2.22. The molecule has 2 nitrogen and oxygen atoms in total. The maximum atomic E-state index is 10.9. The van der Waals surface area contributed by atoms with Crippen molar-refractivity contribution in [2.45, 2.75) is 0 Å². The molecular weight excluding hydrogens is 339 g/mol. The summed E-state index contributed by atoms with van der Waals surface area (Å²) in [5.74, 6) is 0.963. The SMILES string of the molecule is O=Cc1ccc(Cl)cc1Oc1ccc(Cl)cc1Br. The summed E-state index contributed by atoms with van der Waals surface area (Å²) in [5.41, 5.74) is 0.432. The summed E-state index contributed by atoms with van der Waals surface area (Å²) in [7, 11) is 0. The molecule has 0 spiro atoms. The largest absolute Gasteiger partial charge is 0.455 e. The summed E-state index contributed by atoms with van der Waals surface area (Å²) in [6, 6.07) is 9.95. The van der Waals surface area contributed by atoms with Crippen molar-refractivity contribution < 1.29 is 9.53 Å². The van der Waals surface area contributed by atoms with Crippen LogP contribution in [0.5, 0.6) is 11.5 Å². The van der Waals surface area contributed by atoms with E-state index < -0.39 is 0 Å². The second kappa shape index (κ2) is 5.74. The molecule has 2 rings (SSSR count). The maximum absolute atomic E-state index is 10.9. The molecule has 0 unspecified atom stereocenters. The van der Waals surface area contributed by atoms with E-state index in [9.17, 15) is 4.79 Å². The normalized spacial score (nSPS) is 10.2. The van der Waals surface area contributed by atoms with Crippen molar-refractivity contribution in [1.82, 2.24) is 0 Å². The predicted octanol–water partition coefficient (Wildman–Crippen LogP) is 5.36. The highest BCUT2D eigenvalue weighted by atomic mass is 79.9. The molecule has 0 atom stereocenters. The van der Waals surface area contributed by atoms with Gasteiger partial charge in [-0.15, -0.1) is 0 Å². The van der Waals surface area contributed by atoms with Crippen molar-refractivity contribution in [1.29, 1.82) is 0 Å². The first-order chi connectivity index (χ1) is 8.60. The van der Waals surface area contributed by atoms with Crippen molar-refractivity contribution in [2.24, 2.45) is 0 Å². The lowest BCUT2D eigenvalue weighted by molar-refractivity contribution is 0.112. The predicted molar refractivity (Wildman–Crippen MR) is 76.1 cm³/mol. The molecule has 0 saturated carbocycles. The lowest BCUT2D eigenvalue weighted by Crippen LogP contribution is -1.91. The zero-order valence-corrected chi connectivity index (χ0v) is 12.1. The Morgan fingerprint density at radius 1 is 1.00 bits per heavy atom. The van der Waals surface area contributed by atoms with Crippen LogP contribution in [0.2, 0.25) is 10.0 Å². The Labute approximate surface area is 123 Å². The summed E-state index contributed by atoms with van der Waals surface area (Å²) in [6.45, 7) is 0. The third-order valence-corrected chi connectivity index (χ3v) is 3.31. The molecule has 0 bridgehead atoms. The standard InChI is InChI=1S/C13H7BrCl2O2/c14-11-5-9(15)3-4-12(11)18-13-6-10(16)2-1-8(13)7-17/h1-7H. The van der Waals surface area contributed by atoms with Gasteiger partial charge in [-0.3, -0.25) is 4.79 Å². The number of aldehydes is 1. The van der Waals surface area contributed by atoms with Gasteiger partial charge in [0.2, 0.25) is 0 Å².